The Labute approximate surface area is 161 Å². The number of guanidine groups is 1. The predicted octanol–water partition coefficient (Wildman–Crippen LogP) is 2.09. The number of carbonyl (C=O) groups excluding carboxylic acids is 1. The molecule has 1 fully saturated rings. The van der Waals surface area contributed by atoms with Gasteiger partial charge in [0.15, 0.2) is 5.96 Å². The number of terminal acetylenes is 1. The quantitative estimate of drug-likeness (QED) is 0.344. The van der Waals surface area contributed by atoms with Crippen LogP contribution >= 0.6 is 0 Å². The molecule has 0 bridgehead atoms. The van der Waals surface area contributed by atoms with Crippen molar-refractivity contribution in [3.05, 3.63) is 29.8 Å². The fourth-order valence-corrected chi connectivity index (χ4v) is 3.09. The van der Waals surface area contributed by atoms with Gasteiger partial charge < -0.3 is 19.7 Å². The van der Waals surface area contributed by atoms with Crippen molar-refractivity contribution in [2.24, 2.45) is 10.9 Å². The van der Waals surface area contributed by atoms with Crippen LogP contribution in [0, 0.1) is 18.3 Å². The van der Waals surface area contributed by atoms with E-state index in [0.717, 1.165) is 50.6 Å². The molecule has 6 nitrogen and oxygen atoms in total. The maximum Gasteiger partial charge on any atom is 0.308 e. The van der Waals surface area contributed by atoms with Crippen LogP contribution in [0.2, 0.25) is 0 Å². The largest absolute Gasteiger partial charge is 0.481 e. The van der Waals surface area contributed by atoms with E-state index in [2.05, 4.69) is 23.1 Å². The highest BCUT2D eigenvalue weighted by Gasteiger charge is 2.26. The smallest absolute Gasteiger partial charge is 0.308 e. The number of hydrogen-bond acceptors (Lipinski definition) is 4. The lowest BCUT2D eigenvalue weighted by atomic mass is 9.97. The molecule has 2 rings (SSSR count). The molecule has 0 aromatic heterocycles. The van der Waals surface area contributed by atoms with E-state index >= 15 is 0 Å². The number of methoxy groups -OCH3 is 1. The third kappa shape index (κ3) is 6.52. The average Bonchev–Trinajstić information content (AvgIpc) is 2.72. The van der Waals surface area contributed by atoms with Gasteiger partial charge in [0.2, 0.25) is 0 Å². The first-order valence-electron chi connectivity index (χ1n) is 9.44. The minimum atomic E-state index is -0.105. The van der Waals surface area contributed by atoms with Gasteiger partial charge in [-0.3, -0.25) is 9.79 Å². The molecular formula is C21H29N3O3. The van der Waals surface area contributed by atoms with Crippen molar-refractivity contribution in [3.8, 4) is 18.1 Å². The Kier molecular flexibility index (Phi) is 8.50. The van der Waals surface area contributed by atoms with E-state index in [1.807, 2.05) is 24.3 Å². The molecule has 1 saturated heterocycles. The van der Waals surface area contributed by atoms with E-state index in [1.165, 1.54) is 12.7 Å². The minimum Gasteiger partial charge on any atom is -0.481 e. The number of carbonyl (C=O) groups is 1. The number of ether oxygens (including phenoxy) is 2. The Morgan fingerprint density at radius 1 is 1.33 bits per heavy atom. The molecule has 0 amide bonds. The van der Waals surface area contributed by atoms with Crippen molar-refractivity contribution in [1.29, 1.82) is 0 Å². The summed E-state index contributed by atoms with van der Waals surface area (Å²) in [4.78, 5) is 18.6. The van der Waals surface area contributed by atoms with E-state index in [9.17, 15) is 4.79 Å². The monoisotopic (exact) mass is 371 g/mol. The number of hydrogen-bond donors (Lipinski definition) is 1. The van der Waals surface area contributed by atoms with Crippen LogP contribution in [-0.4, -0.2) is 56.7 Å². The molecule has 0 unspecified atom stereocenters. The number of likely N-dealkylation sites (tertiary alicyclic amines) is 1. The minimum absolute atomic E-state index is 0.00401. The zero-order chi connectivity index (χ0) is 19.5. The Morgan fingerprint density at radius 2 is 2.04 bits per heavy atom. The molecule has 6 heteroatoms. The summed E-state index contributed by atoms with van der Waals surface area (Å²) >= 11 is 0. The van der Waals surface area contributed by atoms with Crippen molar-refractivity contribution in [2.75, 3.05) is 39.9 Å². The van der Waals surface area contributed by atoms with Crippen molar-refractivity contribution in [3.63, 3.8) is 0 Å². The fraction of sp³-hybridized carbons (Fsp3) is 0.524. The number of nitrogens with zero attached hydrogens (tertiary/aromatic N) is 2. The molecule has 0 spiro atoms. The Bertz CT molecular complexity index is 656. The highest BCUT2D eigenvalue weighted by atomic mass is 16.5. The van der Waals surface area contributed by atoms with Crippen LogP contribution in [0.1, 0.15) is 25.3 Å². The summed E-state index contributed by atoms with van der Waals surface area (Å²) in [5, 5.41) is 3.35. The third-order valence-electron chi connectivity index (χ3n) is 4.57. The Balaban J connectivity index is 1.86. The molecule has 1 heterocycles. The summed E-state index contributed by atoms with van der Waals surface area (Å²) in [5.74, 6) is 4.05. The lowest BCUT2D eigenvalue weighted by Crippen LogP contribution is -2.46. The van der Waals surface area contributed by atoms with Gasteiger partial charge in [0.1, 0.15) is 12.4 Å². The number of aliphatic imine (C=N–C) groups is 1. The van der Waals surface area contributed by atoms with Gasteiger partial charge >= 0.3 is 5.97 Å². The van der Waals surface area contributed by atoms with Crippen LogP contribution in [0.3, 0.4) is 0 Å². The van der Waals surface area contributed by atoms with Crippen molar-refractivity contribution >= 4 is 11.9 Å². The lowest BCUT2D eigenvalue weighted by molar-refractivity contribution is -0.146. The molecule has 146 valence electrons. The first kappa shape index (κ1) is 20.6. The average molecular weight is 371 g/mol. The molecule has 1 N–H and O–H groups in total. The molecule has 1 aliphatic heterocycles. The summed E-state index contributed by atoms with van der Waals surface area (Å²) in [5.41, 5.74) is 1.20. The van der Waals surface area contributed by atoms with Gasteiger partial charge in [0.25, 0.3) is 0 Å². The molecule has 1 aromatic carbocycles. The highest BCUT2D eigenvalue weighted by Crippen LogP contribution is 2.18. The van der Waals surface area contributed by atoms with E-state index in [1.54, 1.807) is 0 Å². The van der Waals surface area contributed by atoms with Crippen LogP contribution < -0.4 is 10.1 Å². The van der Waals surface area contributed by atoms with Gasteiger partial charge in [-0.2, -0.15) is 0 Å². The summed E-state index contributed by atoms with van der Waals surface area (Å²) in [6.07, 6.45) is 7.65. The van der Waals surface area contributed by atoms with Crippen LogP contribution in [0.25, 0.3) is 0 Å². The molecule has 0 atom stereocenters. The van der Waals surface area contributed by atoms with Crippen molar-refractivity contribution in [1.82, 2.24) is 10.2 Å². The van der Waals surface area contributed by atoms with Gasteiger partial charge in [-0.1, -0.05) is 18.1 Å². The number of rotatable bonds is 7. The number of benzene rings is 1. The molecule has 1 aromatic rings. The second-order valence-electron chi connectivity index (χ2n) is 6.41. The molecule has 27 heavy (non-hydrogen) atoms. The van der Waals surface area contributed by atoms with E-state index in [4.69, 9.17) is 20.9 Å². The van der Waals surface area contributed by atoms with Gasteiger partial charge in [-0.25, -0.2) is 0 Å². The van der Waals surface area contributed by atoms with E-state index < -0.39 is 0 Å². The predicted molar refractivity (Wildman–Crippen MR) is 107 cm³/mol. The van der Waals surface area contributed by atoms with E-state index in [0.29, 0.717) is 6.54 Å². The highest BCUT2D eigenvalue weighted by molar-refractivity contribution is 5.80. The van der Waals surface area contributed by atoms with Gasteiger partial charge in [0, 0.05) is 26.2 Å². The van der Waals surface area contributed by atoms with E-state index in [-0.39, 0.29) is 18.5 Å². The number of esters is 1. The lowest BCUT2D eigenvalue weighted by Gasteiger charge is -2.33. The Morgan fingerprint density at radius 3 is 2.63 bits per heavy atom. The summed E-state index contributed by atoms with van der Waals surface area (Å²) in [6, 6.07) is 7.94. The first-order chi connectivity index (χ1) is 13.2. The second kappa shape index (κ2) is 11.1. The van der Waals surface area contributed by atoms with Crippen LogP contribution in [-0.2, 0) is 16.0 Å². The molecule has 0 aliphatic carbocycles. The molecule has 1 aliphatic rings. The van der Waals surface area contributed by atoms with Crippen molar-refractivity contribution < 1.29 is 14.3 Å². The van der Waals surface area contributed by atoms with Gasteiger partial charge in [-0.15, -0.1) is 6.42 Å². The first-order valence-corrected chi connectivity index (χ1v) is 9.44. The standard InChI is InChI=1S/C21H29N3O3/c1-4-16-27-19-8-6-17(7-9-19)10-13-23-21(22-5-2)24-14-11-18(12-15-24)20(25)26-3/h1,6-9,18H,5,10-16H2,2-3H3,(H,22,23). The SMILES string of the molecule is C#CCOc1ccc(CCN=C(NCC)N2CCC(C(=O)OC)CC2)cc1. The zero-order valence-electron chi connectivity index (χ0n) is 16.2. The Hall–Kier alpha value is -2.68. The van der Waals surface area contributed by atoms with Crippen molar-refractivity contribution in [2.45, 2.75) is 26.2 Å². The van der Waals surface area contributed by atoms with Crippen LogP contribution in [0.4, 0.5) is 0 Å². The molecule has 0 radical (unpaired) electrons. The maximum absolute atomic E-state index is 11.7. The zero-order valence-corrected chi connectivity index (χ0v) is 16.2. The molecule has 0 saturated carbocycles. The molecular weight excluding hydrogens is 342 g/mol. The normalized spacial score (nSPS) is 15.1. The second-order valence-corrected chi connectivity index (χ2v) is 6.41. The van der Waals surface area contributed by atoms with Crippen LogP contribution in [0.15, 0.2) is 29.3 Å². The topological polar surface area (TPSA) is 63.2 Å². The van der Waals surface area contributed by atoms with Gasteiger partial charge in [-0.05, 0) is 43.9 Å². The van der Waals surface area contributed by atoms with Gasteiger partial charge in [0.05, 0.1) is 13.0 Å². The number of piperidine rings is 1. The maximum atomic E-state index is 11.7. The summed E-state index contributed by atoms with van der Waals surface area (Å²) in [6.45, 7) is 5.48. The summed E-state index contributed by atoms with van der Waals surface area (Å²) in [7, 11) is 1.45. The summed E-state index contributed by atoms with van der Waals surface area (Å²) < 4.78 is 10.2. The van der Waals surface area contributed by atoms with Crippen LogP contribution in [0.5, 0.6) is 5.75 Å². The number of nitrogens with one attached hydrogen (secondary N) is 1. The third-order valence-corrected chi connectivity index (χ3v) is 4.57. The fourth-order valence-electron chi connectivity index (χ4n) is 3.09.